The fraction of sp³-hybridized carbons (Fsp3) is 0.0588. The quantitative estimate of drug-likeness (QED) is 0.699. The molecular formula is C17H15BrN4O. The molecule has 0 radical (unpaired) electrons. The van der Waals surface area contributed by atoms with Crippen LogP contribution in [0, 0.1) is 6.92 Å². The summed E-state index contributed by atoms with van der Waals surface area (Å²) in [4.78, 5) is 4.09. The molecule has 0 bridgehead atoms. The number of hydrogen-bond acceptors (Lipinski definition) is 4. The van der Waals surface area contributed by atoms with E-state index in [-0.39, 0.29) is 0 Å². The normalized spacial score (nSPS) is 11.0. The van der Waals surface area contributed by atoms with Gasteiger partial charge in [-0.05, 0) is 61.0 Å². The number of hydrogen-bond donors (Lipinski definition) is 1. The minimum atomic E-state index is 0.369. The van der Waals surface area contributed by atoms with E-state index in [0.717, 1.165) is 27.2 Å². The lowest BCUT2D eigenvalue weighted by Crippen LogP contribution is -1.96. The highest BCUT2D eigenvalue weighted by molar-refractivity contribution is 9.10. The Morgan fingerprint density at radius 2 is 1.70 bits per heavy atom. The Morgan fingerprint density at radius 3 is 2.26 bits per heavy atom. The standard InChI is InChI=1S/C17H15BrN4O/c1-12-11-22(17(19)21-12)20-10-13-2-6-15(7-3-13)23-16-8-4-14(18)5-9-16/h2-11H,1H3,(H2,19,21). The molecule has 0 atom stereocenters. The molecule has 2 aromatic carbocycles. The van der Waals surface area contributed by atoms with Crippen molar-refractivity contribution in [3.8, 4) is 11.5 Å². The van der Waals surface area contributed by atoms with Crippen LogP contribution in [0.2, 0.25) is 0 Å². The summed E-state index contributed by atoms with van der Waals surface area (Å²) < 4.78 is 8.34. The van der Waals surface area contributed by atoms with E-state index in [0.29, 0.717) is 5.95 Å². The van der Waals surface area contributed by atoms with E-state index >= 15 is 0 Å². The summed E-state index contributed by atoms with van der Waals surface area (Å²) >= 11 is 3.40. The second kappa shape index (κ2) is 6.66. The number of nitrogens with two attached hydrogens (primary N) is 1. The maximum Gasteiger partial charge on any atom is 0.221 e. The number of nitrogen functional groups attached to an aromatic ring is 1. The van der Waals surface area contributed by atoms with E-state index in [1.54, 1.807) is 17.1 Å². The van der Waals surface area contributed by atoms with Crippen LogP contribution in [0.5, 0.6) is 11.5 Å². The largest absolute Gasteiger partial charge is 0.457 e. The molecule has 0 saturated carbocycles. The molecule has 0 spiro atoms. The van der Waals surface area contributed by atoms with Crippen LogP contribution in [0.3, 0.4) is 0 Å². The summed E-state index contributed by atoms with van der Waals surface area (Å²) in [6, 6.07) is 15.3. The summed E-state index contributed by atoms with van der Waals surface area (Å²) in [5, 5.41) is 4.28. The molecule has 116 valence electrons. The van der Waals surface area contributed by atoms with Crippen molar-refractivity contribution in [1.29, 1.82) is 0 Å². The third kappa shape index (κ3) is 3.98. The first-order chi connectivity index (χ1) is 11.1. The van der Waals surface area contributed by atoms with Crippen LogP contribution in [-0.4, -0.2) is 15.9 Å². The highest BCUT2D eigenvalue weighted by Gasteiger charge is 2.00. The molecule has 0 saturated heterocycles. The van der Waals surface area contributed by atoms with E-state index in [9.17, 15) is 0 Å². The van der Waals surface area contributed by atoms with Crippen LogP contribution < -0.4 is 10.5 Å². The van der Waals surface area contributed by atoms with Crippen molar-refractivity contribution in [2.45, 2.75) is 6.92 Å². The van der Waals surface area contributed by atoms with E-state index in [4.69, 9.17) is 10.5 Å². The number of anilines is 1. The number of ether oxygens (including phenoxy) is 1. The van der Waals surface area contributed by atoms with Crippen molar-refractivity contribution in [3.63, 3.8) is 0 Å². The Balaban J connectivity index is 1.69. The smallest absolute Gasteiger partial charge is 0.221 e. The molecule has 1 heterocycles. The maximum absolute atomic E-state index is 5.77. The van der Waals surface area contributed by atoms with E-state index < -0.39 is 0 Å². The van der Waals surface area contributed by atoms with Crippen LogP contribution in [0.25, 0.3) is 0 Å². The fourth-order valence-electron chi connectivity index (χ4n) is 1.99. The lowest BCUT2D eigenvalue weighted by Gasteiger charge is -2.05. The van der Waals surface area contributed by atoms with Gasteiger partial charge < -0.3 is 10.5 Å². The number of rotatable bonds is 4. The second-order valence-electron chi connectivity index (χ2n) is 4.95. The highest BCUT2D eigenvalue weighted by atomic mass is 79.9. The van der Waals surface area contributed by atoms with Gasteiger partial charge in [0.1, 0.15) is 11.5 Å². The van der Waals surface area contributed by atoms with Gasteiger partial charge in [-0.25, -0.2) is 9.66 Å². The number of aromatic nitrogens is 2. The van der Waals surface area contributed by atoms with E-state index in [1.165, 1.54) is 0 Å². The molecule has 0 aliphatic heterocycles. The monoisotopic (exact) mass is 370 g/mol. The Labute approximate surface area is 142 Å². The Bertz CT molecular complexity index is 823. The predicted molar refractivity (Wildman–Crippen MR) is 95.0 cm³/mol. The van der Waals surface area contributed by atoms with Gasteiger partial charge in [0.25, 0.3) is 0 Å². The van der Waals surface area contributed by atoms with E-state index in [2.05, 4.69) is 26.0 Å². The van der Waals surface area contributed by atoms with Crippen molar-refractivity contribution in [3.05, 3.63) is 70.5 Å². The lowest BCUT2D eigenvalue weighted by molar-refractivity contribution is 0.482. The number of imidazole rings is 1. The predicted octanol–water partition coefficient (Wildman–Crippen LogP) is 4.21. The van der Waals surface area contributed by atoms with Gasteiger partial charge in [-0.3, -0.25) is 0 Å². The zero-order valence-electron chi connectivity index (χ0n) is 12.5. The molecular weight excluding hydrogens is 356 g/mol. The number of benzene rings is 2. The van der Waals surface area contributed by atoms with Crippen LogP contribution in [-0.2, 0) is 0 Å². The van der Waals surface area contributed by atoms with Gasteiger partial charge >= 0.3 is 0 Å². The SMILES string of the molecule is Cc1cn(N=Cc2ccc(Oc3ccc(Br)cc3)cc2)c(N)n1. The molecule has 0 aliphatic carbocycles. The first kappa shape index (κ1) is 15.3. The first-order valence-corrected chi connectivity index (χ1v) is 7.79. The summed E-state index contributed by atoms with van der Waals surface area (Å²) in [5.41, 5.74) is 7.52. The Kier molecular flexibility index (Phi) is 4.43. The number of nitrogens with zero attached hydrogens (tertiary/aromatic N) is 3. The van der Waals surface area contributed by atoms with Crippen LogP contribution >= 0.6 is 15.9 Å². The number of aryl methyl sites for hydroxylation is 1. The van der Waals surface area contributed by atoms with Gasteiger partial charge in [-0.15, -0.1) is 0 Å². The third-order valence-electron chi connectivity index (χ3n) is 3.10. The average molecular weight is 371 g/mol. The van der Waals surface area contributed by atoms with Crippen LogP contribution in [0.4, 0.5) is 5.95 Å². The van der Waals surface area contributed by atoms with Crippen LogP contribution in [0.15, 0.2) is 64.3 Å². The molecule has 23 heavy (non-hydrogen) atoms. The molecule has 3 rings (SSSR count). The zero-order chi connectivity index (χ0) is 16.2. The molecule has 3 aromatic rings. The van der Waals surface area contributed by atoms with Crippen LogP contribution in [0.1, 0.15) is 11.3 Å². The Hall–Kier alpha value is -2.60. The third-order valence-corrected chi connectivity index (χ3v) is 3.62. The van der Waals surface area contributed by atoms with Crippen molar-refractivity contribution >= 4 is 28.1 Å². The summed E-state index contributed by atoms with van der Waals surface area (Å²) in [6.45, 7) is 1.87. The van der Waals surface area contributed by atoms with Crippen molar-refractivity contribution in [2.75, 3.05) is 5.73 Å². The zero-order valence-corrected chi connectivity index (χ0v) is 14.1. The van der Waals surface area contributed by atoms with Crippen molar-refractivity contribution < 1.29 is 4.74 Å². The highest BCUT2D eigenvalue weighted by Crippen LogP contribution is 2.23. The molecule has 1 aromatic heterocycles. The first-order valence-electron chi connectivity index (χ1n) is 6.99. The molecule has 6 heteroatoms. The fourth-order valence-corrected chi connectivity index (χ4v) is 2.25. The van der Waals surface area contributed by atoms with Crippen molar-refractivity contribution in [2.24, 2.45) is 5.10 Å². The molecule has 0 unspecified atom stereocenters. The second-order valence-corrected chi connectivity index (χ2v) is 5.87. The maximum atomic E-state index is 5.77. The molecule has 0 aliphatic rings. The topological polar surface area (TPSA) is 65.4 Å². The minimum absolute atomic E-state index is 0.369. The average Bonchev–Trinajstić information content (AvgIpc) is 2.87. The van der Waals surface area contributed by atoms with Gasteiger partial charge in [0.05, 0.1) is 18.1 Å². The minimum Gasteiger partial charge on any atom is -0.457 e. The Morgan fingerprint density at radius 1 is 1.09 bits per heavy atom. The number of halogens is 1. The molecule has 0 amide bonds. The van der Waals surface area contributed by atoms with Gasteiger partial charge in [-0.2, -0.15) is 5.10 Å². The summed E-state index contributed by atoms with van der Waals surface area (Å²) in [7, 11) is 0. The van der Waals surface area contributed by atoms with E-state index in [1.807, 2.05) is 55.5 Å². The van der Waals surface area contributed by atoms with Gasteiger partial charge in [-0.1, -0.05) is 15.9 Å². The molecule has 2 N–H and O–H groups in total. The molecule has 5 nitrogen and oxygen atoms in total. The lowest BCUT2D eigenvalue weighted by atomic mass is 10.2. The van der Waals surface area contributed by atoms with Gasteiger partial charge in [0, 0.05) is 4.47 Å². The summed E-state index contributed by atoms with van der Waals surface area (Å²) in [5.74, 6) is 1.92. The molecule has 0 fully saturated rings. The van der Waals surface area contributed by atoms with Crippen molar-refractivity contribution in [1.82, 2.24) is 9.66 Å². The van der Waals surface area contributed by atoms with Gasteiger partial charge in [0.15, 0.2) is 0 Å². The van der Waals surface area contributed by atoms with Gasteiger partial charge in [0.2, 0.25) is 5.95 Å². The summed E-state index contributed by atoms with van der Waals surface area (Å²) in [6.07, 6.45) is 3.50.